The van der Waals surface area contributed by atoms with Crippen LogP contribution in [0, 0.1) is 0 Å². The van der Waals surface area contributed by atoms with Crippen LogP contribution in [0.4, 0.5) is 0 Å². The van der Waals surface area contributed by atoms with Gasteiger partial charge in [-0.25, -0.2) is 0 Å². The van der Waals surface area contributed by atoms with Crippen molar-refractivity contribution in [2.75, 3.05) is 20.8 Å². The van der Waals surface area contributed by atoms with Crippen molar-refractivity contribution in [1.29, 1.82) is 0 Å². The van der Waals surface area contributed by atoms with Crippen LogP contribution in [0.15, 0.2) is 34.1 Å². The number of nitrogens with one attached hydrogen (secondary N) is 1. The van der Waals surface area contributed by atoms with Crippen molar-refractivity contribution in [3.05, 3.63) is 44.6 Å². The fraction of sp³-hybridized carbons (Fsp3) is 0.375. The summed E-state index contributed by atoms with van der Waals surface area (Å²) < 4.78 is 11.9. The van der Waals surface area contributed by atoms with Gasteiger partial charge in [-0.2, -0.15) is 0 Å². The molecule has 1 heterocycles. The Balaban J connectivity index is 2.24. The van der Waals surface area contributed by atoms with Gasteiger partial charge in [-0.15, -0.1) is 11.3 Å². The first kappa shape index (κ1) is 16.3. The maximum absolute atomic E-state index is 5.40. The van der Waals surface area contributed by atoms with E-state index in [1.807, 2.05) is 6.07 Å². The van der Waals surface area contributed by atoms with Crippen LogP contribution < -0.4 is 14.8 Å². The predicted molar refractivity (Wildman–Crippen MR) is 91.7 cm³/mol. The molecule has 1 unspecified atom stereocenters. The highest BCUT2D eigenvalue weighted by Gasteiger charge is 2.15. The van der Waals surface area contributed by atoms with Gasteiger partial charge in [0.1, 0.15) is 0 Å². The van der Waals surface area contributed by atoms with E-state index < -0.39 is 0 Å². The Bertz CT molecular complexity index is 585. The van der Waals surface area contributed by atoms with Gasteiger partial charge in [0, 0.05) is 17.3 Å². The first-order valence-electron chi connectivity index (χ1n) is 6.87. The van der Waals surface area contributed by atoms with Gasteiger partial charge in [0.15, 0.2) is 11.5 Å². The molecule has 1 aromatic carbocycles. The molecule has 0 bridgehead atoms. The fourth-order valence-electron chi connectivity index (χ4n) is 2.29. The van der Waals surface area contributed by atoms with E-state index in [-0.39, 0.29) is 6.04 Å². The predicted octanol–water partition coefficient (Wildman–Crippen LogP) is 4.42. The lowest BCUT2D eigenvalue weighted by Gasteiger charge is -2.19. The Labute approximate surface area is 138 Å². The van der Waals surface area contributed by atoms with Crippen LogP contribution in [0.2, 0.25) is 0 Å². The number of methoxy groups -OCH3 is 2. The molecule has 114 valence electrons. The summed E-state index contributed by atoms with van der Waals surface area (Å²) in [5, 5.41) is 3.54. The zero-order valence-electron chi connectivity index (χ0n) is 12.5. The van der Waals surface area contributed by atoms with Crippen LogP contribution in [0.3, 0.4) is 0 Å². The lowest BCUT2D eigenvalue weighted by Crippen LogP contribution is -2.22. The topological polar surface area (TPSA) is 30.5 Å². The summed E-state index contributed by atoms with van der Waals surface area (Å²) in [6.45, 7) is 3.05. The standard InChI is InChI=1S/C16H20BrNO2S/c1-4-18-13(10-12-6-8-16(17)21-12)11-5-7-14(19-2)15(9-11)20-3/h5-9,13,18H,4,10H2,1-3H3. The molecule has 0 aliphatic rings. The second-order valence-electron chi connectivity index (χ2n) is 4.63. The van der Waals surface area contributed by atoms with E-state index in [2.05, 4.69) is 52.4 Å². The number of thiophene rings is 1. The number of hydrogen-bond donors (Lipinski definition) is 1. The van der Waals surface area contributed by atoms with Crippen molar-refractivity contribution in [2.45, 2.75) is 19.4 Å². The highest BCUT2D eigenvalue weighted by atomic mass is 79.9. The molecule has 1 atom stereocenters. The summed E-state index contributed by atoms with van der Waals surface area (Å²) in [6.07, 6.45) is 0.958. The van der Waals surface area contributed by atoms with E-state index in [1.165, 1.54) is 14.2 Å². The van der Waals surface area contributed by atoms with E-state index in [1.54, 1.807) is 25.6 Å². The summed E-state index contributed by atoms with van der Waals surface area (Å²) in [4.78, 5) is 1.35. The SMILES string of the molecule is CCNC(Cc1ccc(Br)s1)c1ccc(OC)c(OC)c1. The summed E-state index contributed by atoms with van der Waals surface area (Å²) >= 11 is 5.30. The Morgan fingerprint density at radius 1 is 1.14 bits per heavy atom. The van der Waals surface area contributed by atoms with E-state index >= 15 is 0 Å². The monoisotopic (exact) mass is 369 g/mol. The summed E-state index contributed by atoms with van der Waals surface area (Å²) in [7, 11) is 3.32. The molecule has 21 heavy (non-hydrogen) atoms. The van der Waals surface area contributed by atoms with Crippen LogP contribution >= 0.6 is 27.3 Å². The van der Waals surface area contributed by atoms with Crippen molar-refractivity contribution in [1.82, 2.24) is 5.32 Å². The van der Waals surface area contributed by atoms with Crippen LogP contribution in [0.5, 0.6) is 11.5 Å². The number of benzene rings is 1. The van der Waals surface area contributed by atoms with Crippen LogP contribution in [-0.4, -0.2) is 20.8 Å². The average Bonchev–Trinajstić information content (AvgIpc) is 2.91. The van der Waals surface area contributed by atoms with Gasteiger partial charge in [0.05, 0.1) is 18.0 Å². The Hall–Kier alpha value is -1.04. The van der Waals surface area contributed by atoms with Crippen LogP contribution in [0.1, 0.15) is 23.4 Å². The highest BCUT2D eigenvalue weighted by molar-refractivity contribution is 9.11. The van der Waals surface area contributed by atoms with E-state index in [0.717, 1.165) is 24.5 Å². The van der Waals surface area contributed by atoms with Gasteiger partial charge in [-0.3, -0.25) is 0 Å². The molecule has 3 nitrogen and oxygen atoms in total. The minimum absolute atomic E-state index is 0.264. The molecule has 1 N–H and O–H groups in total. The minimum atomic E-state index is 0.264. The van der Waals surface area contributed by atoms with E-state index in [9.17, 15) is 0 Å². The first-order valence-corrected chi connectivity index (χ1v) is 8.48. The number of hydrogen-bond acceptors (Lipinski definition) is 4. The molecular formula is C16H20BrNO2S. The molecular weight excluding hydrogens is 350 g/mol. The second kappa shape index (κ2) is 7.82. The lowest BCUT2D eigenvalue weighted by molar-refractivity contribution is 0.354. The van der Waals surface area contributed by atoms with Gasteiger partial charge in [-0.1, -0.05) is 13.0 Å². The van der Waals surface area contributed by atoms with Gasteiger partial charge in [-0.05, 0) is 52.3 Å². The zero-order chi connectivity index (χ0) is 15.2. The van der Waals surface area contributed by atoms with Gasteiger partial charge >= 0.3 is 0 Å². The molecule has 0 saturated heterocycles. The molecule has 2 rings (SSSR count). The lowest BCUT2D eigenvalue weighted by atomic mass is 10.0. The molecule has 2 aromatic rings. The smallest absolute Gasteiger partial charge is 0.161 e. The van der Waals surface area contributed by atoms with Crippen LogP contribution in [-0.2, 0) is 6.42 Å². The Morgan fingerprint density at radius 2 is 1.90 bits per heavy atom. The Kier molecular flexibility index (Phi) is 6.08. The molecule has 0 saturated carbocycles. The highest BCUT2D eigenvalue weighted by Crippen LogP contribution is 2.32. The average molecular weight is 370 g/mol. The summed E-state index contributed by atoms with van der Waals surface area (Å²) in [5.74, 6) is 1.53. The third-order valence-electron chi connectivity index (χ3n) is 3.29. The molecule has 0 amide bonds. The zero-order valence-corrected chi connectivity index (χ0v) is 14.9. The van der Waals surface area contributed by atoms with E-state index in [4.69, 9.17) is 9.47 Å². The van der Waals surface area contributed by atoms with Gasteiger partial charge in [0.25, 0.3) is 0 Å². The molecule has 0 radical (unpaired) electrons. The van der Waals surface area contributed by atoms with Crippen LogP contribution in [0.25, 0.3) is 0 Å². The van der Waals surface area contributed by atoms with Crippen molar-refractivity contribution in [3.8, 4) is 11.5 Å². The second-order valence-corrected chi connectivity index (χ2v) is 7.18. The minimum Gasteiger partial charge on any atom is -0.493 e. The summed E-state index contributed by atoms with van der Waals surface area (Å²) in [5.41, 5.74) is 1.21. The Morgan fingerprint density at radius 3 is 2.48 bits per heavy atom. The largest absolute Gasteiger partial charge is 0.493 e. The third kappa shape index (κ3) is 4.22. The van der Waals surface area contributed by atoms with Crippen molar-refractivity contribution in [2.24, 2.45) is 0 Å². The fourth-order valence-corrected chi connectivity index (χ4v) is 3.82. The quantitative estimate of drug-likeness (QED) is 0.783. The van der Waals surface area contributed by atoms with Gasteiger partial charge < -0.3 is 14.8 Å². The third-order valence-corrected chi connectivity index (χ3v) is 4.94. The maximum Gasteiger partial charge on any atom is 0.161 e. The summed E-state index contributed by atoms with van der Waals surface area (Å²) in [6, 6.07) is 10.6. The molecule has 0 aliphatic carbocycles. The number of ether oxygens (including phenoxy) is 2. The molecule has 1 aromatic heterocycles. The molecule has 5 heteroatoms. The van der Waals surface area contributed by atoms with E-state index in [0.29, 0.717) is 0 Å². The maximum atomic E-state index is 5.40. The number of rotatable bonds is 7. The number of likely N-dealkylation sites (N-methyl/N-ethyl adjacent to an activating group) is 1. The van der Waals surface area contributed by atoms with Gasteiger partial charge in [0.2, 0.25) is 0 Å². The molecule has 0 spiro atoms. The molecule has 0 aliphatic heterocycles. The van der Waals surface area contributed by atoms with Crippen molar-refractivity contribution in [3.63, 3.8) is 0 Å². The number of halogens is 1. The first-order chi connectivity index (χ1) is 10.2. The normalized spacial score (nSPS) is 12.2. The van der Waals surface area contributed by atoms with Crippen molar-refractivity contribution >= 4 is 27.3 Å². The van der Waals surface area contributed by atoms with Crippen molar-refractivity contribution < 1.29 is 9.47 Å². The molecule has 0 fully saturated rings.